The summed E-state index contributed by atoms with van der Waals surface area (Å²) in [6.45, 7) is 6.96. The number of hydrogen-bond acceptors (Lipinski definition) is 4. The van der Waals surface area contributed by atoms with Gasteiger partial charge in [-0.15, -0.1) is 11.3 Å². The van der Waals surface area contributed by atoms with E-state index in [0.29, 0.717) is 5.92 Å². The lowest BCUT2D eigenvalue weighted by Crippen LogP contribution is -2.34. The van der Waals surface area contributed by atoms with Crippen LogP contribution in [0.2, 0.25) is 0 Å². The first-order valence-electron chi connectivity index (χ1n) is 8.39. The van der Waals surface area contributed by atoms with Crippen LogP contribution in [-0.2, 0) is 0 Å². The number of nitrogens with zero attached hydrogens (tertiary/aromatic N) is 2. The Balaban J connectivity index is 1.91. The summed E-state index contributed by atoms with van der Waals surface area (Å²) in [7, 11) is 0. The smallest absolute Gasteiger partial charge is 0.266 e. The third-order valence-electron chi connectivity index (χ3n) is 4.39. The Morgan fingerprint density at radius 2 is 2.22 bits per heavy atom. The molecule has 0 aromatic carbocycles. The number of carbonyl (C=O) groups is 1. The van der Waals surface area contributed by atoms with Gasteiger partial charge in [0.2, 0.25) is 0 Å². The average Bonchev–Trinajstić information content (AvgIpc) is 3.11. The molecule has 1 aliphatic heterocycles. The zero-order valence-corrected chi connectivity index (χ0v) is 14.9. The molecule has 23 heavy (non-hydrogen) atoms. The molecule has 4 nitrogen and oxygen atoms in total. The van der Waals surface area contributed by atoms with Gasteiger partial charge in [-0.25, -0.2) is 4.98 Å². The van der Waals surface area contributed by atoms with E-state index in [2.05, 4.69) is 18.8 Å². The Hall–Kier alpha value is -1.62. The molecule has 1 fully saturated rings. The van der Waals surface area contributed by atoms with Gasteiger partial charge in [0.15, 0.2) is 0 Å². The number of likely N-dealkylation sites (tertiary alicyclic amines) is 1. The van der Waals surface area contributed by atoms with Crippen molar-refractivity contribution in [2.75, 3.05) is 6.54 Å². The molecule has 3 heterocycles. The molecule has 1 aliphatic rings. The number of furan rings is 1. The molecule has 5 heteroatoms. The van der Waals surface area contributed by atoms with Gasteiger partial charge in [-0.2, -0.15) is 0 Å². The second-order valence-corrected chi connectivity index (χ2v) is 7.53. The van der Waals surface area contributed by atoms with Gasteiger partial charge >= 0.3 is 0 Å². The molecule has 2 aromatic heterocycles. The summed E-state index contributed by atoms with van der Waals surface area (Å²) in [6, 6.07) is 3.93. The van der Waals surface area contributed by atoms with Gasteiger partial charge in [0, 0.05) is 12.5 Å². The largest absolute Gasteiger partial charge is 0.467 e. The van der Waals surface area contributed by atoms with Crippen LogP contribution in [0.15, 0.2) is 22.8 Å². The second-order valence-electron chi connectivity index (χ2n) is 6.50. The number of carbonyl (C=O) groups excluding carboxylic acids is 1. The molecule has 1 amide bonds. The van der Waals surface area contributed by atoms with Crippen LogP contribution < -0.4 is 0 Å². The second kappa shape index (κ2) is 6.87. The van der Waals surface area contributed by atoms with Crippen molar-refractivity contribution >= 4 is 17.2 Å². The van der Waals surface area contributed by atoms with Crippen molar-refractivity contribution in [1.82, 2.24) is 9.88 Å². The maximum Gasteiger partial charge on any atom is 0.266 e. The number of rotatable bonds is 3. The molecule has 1 atom stereocenters. The Bertz CT molecular complexity index is 661. The lowest BCUT2D eigenvalue weighted by atomic mass is 10.1. The Morgan fingerprint density at radius 1 is 1.39 bits per heavy atom. The highest BCUT2D eigenvalue weighted by atomic mass is 32.1. The van der Waals surface area contributed by atoms with Crippen molar-refractivity contribution in [2.24, 2.45) is 0 Å². The number of amides is 1. The zero-order chi connectivity index (χ0) is 16.4. The lowest BCUT2D eigenvalue weighted by Gasteiger charge is -2.28. The molecule has 0 N–H and O–H groups in total. The number of thiazole rings is 1. The van der Waals surface area contributed by atoms with Crippen molar-refractivity contribution in [3.05, 3.63) is 39.7 Å². The van der Waals surface area contributed by atoms with E-state index in [-0.39, 0.29) is 11.9 Å². The summed E-state index contributed by atoms with van der Waals surface area (Å²) >= 11 is 1.54. The van der Waals surface area contributed by atoms with Gasteiger partial charge < -0.3 is 9.32 Å². The normalized spacial score (nSPS) is 19.1. The van der Waals surface area contributed by atoms with Crippen LogP contribution >= 0.6 is 11.3 Å². The van der Waals surface area contributed by atoms with Crippen LogP contribution in [0.1, 0.15) is 77.6 Å². The average molecular weight is 332 g/mol. The van der Waals surface area contributed by atoms with E-state index in [1.165, 1.54) is 6.42 Å². The Labute approximate surface area is 141 Å². The zero-order valence-electron chi connectivity index (χ0n) is 14.0. The van der Waals surface area contributed by atoms with Crippen LogP contribution in [-0.4, -0.2) is 22.3 Å². The van der Waals surface area contributed by atoms with Gasteiger partial charge in [-0.3, -0.25) is 4.79 Å². The fourth-order valence-electron chi connectivity index (χ4n) is 3.12. The molecular weight excluding hydrogens is 308 g/mol. The van der Waals surface area contributed by atoms with Crippen LogP contribution in [0.25, 0.3) is 0 Å². The van der Waals surface area contributed by atoms with E-state index < -0.39 is 0 Å². The Morgan fingerprint density at radius 3 is 2.87 bits per heavy atom. The third-order valence-corrected chi connectivity index (χ3v) is 5.83. The fraction of sp³-hybridized carbons (Fsp3) is 0.556. The summed E-state index contributed by atoms with van der Waals surface area (Å²) in [4.78, 5) is 20.5. The molecule has 0 unspecified atom stereocenters. The monoisotopic (exact) mass is 332 g/mol. The molecule has 0 saturated carbocycles. The first-order valence-corrected chi connectivity index (χ1v) is 9.21. The van der Waals surface area contributed by atoms with Crippen molar-refractivity contribution in [1.29, 1.82) is 0 Å². The number of hydrogen-bond donors (Lipinski definition) is 0. The quantitative estimate of drug-likeness (QED) is 0.801. The fourth-order valence-corrected chi connectivity index (χ4v) is 4.15. The summed E-state index contributed by atoms with van der Waals surface area (Å²) in [6.07, 6.45) is 6.01. The van der Waals surface area contributed by atoms with E-state index in [0.717, 1.165) is 47.1 Å². The molecule has 0 spiro atoms. The predicted octanol–water partition coefficient (Wildman–Crippen LogP) is 4.93. The van der Waals surface area contributed by atoms with Gasteiger partial charge in [0.05, 0.1) is 23.0 Å². The summed E-state index contributed by atoms with van der Waals surface area (Å²) < 4.78 is 5.61. The maximum absolute atomic E-state index is 13.2. The van der Waals surface area contributed by atoms with Crippen molar-refractivity contribution in [3.8, 4) is 0 Å². The molecule has 1 saturated heterocycles. The molecule has 2 aromatic rings. The van der Waals surface area contributed by atoms with Crippen LogP contribution in [0, 0.1) is 6.92 Å². The third kappa shape index (κ3) is 3.34. The number of aryl methyl sites for hydroxylation is 1. The van der Waals surface area contributed by atoms with Gasteiger partial charge in [-0.1, -0.05) is 26.7 Å². The minimum atomic E-state index is 0.0454. The first kappa shape index (κ1) is 16.2. The first-order chi connectivity index (χ1) is 11.1. The van der Waals surface area contributed by atoms with Crippen molar-refractivity contribution in [2.45, 2.75) is 58.4 Å². The SMILES string of the molecule is Cc1nc(C(C)C)sc1C(=O)N1CCCCC[C@@H]1c1ccco1. The molecular formula is C18H24N2O2S. The van der Waals surface area contributed by atoms with Crippen LogP contribution in [0.5, 0.6) is 0 Å². The van der Waals surface area contributed by atoms with E-state index in [4.69, 9.17) is 4.42 Å². The van der Waals surface area contributed by atoms with Crippen LogP contribution in [0.3, 0.4) is 0 Å². The minimum Gasteiger partial charge on any atom is -0.467 e. The maximum atomic E-state index is 13.2. The highest BCUT2D eigenvalue weighted by Gasteiger charge is 2.31. The van der Waals surface area contributed by atoms with Gasteiger partial charge in [0.1, 0.15) is 10.6 Å². The standard InChI is InChI=1S/C18H24N2O2S/c1-12(2)17-19-13(3)16(23-17)18(21)20-10-6-4-5-8-14(20)15-9-7-11-22-15/h7,9,11-12,14H,4-6,8,10H2,1-3H3/t14-/m1/s1. The number of aromatic nitrogens is 1. The Kier molecular flexibility index (Phi) is 4.85. The van der Waals surface area contributed by atoms with Crippen LogP contribution in [0.4, 0.5) is 0 Å². The van der Waals surface area contributed by atoms with E-state index in [1.807, 2.05) is 24.0 Å². The summed E-state index contributed by atoms with van der Waals surface area (Å²) in [5, 5.41) is 1.04. The van der Waals surface area contributed by atoms with Gasteiger partial charge in [-0.05, 0) is 31.9 Å². The molecule has 0 radical (unpaired) electrons. The highest BCUT2D eigenvalue weighted by Crippen LogP contribution is 2.34. The minimum absolute atomic E-state index is 0.0454. The highest BCUT2D eigenvalue weighted by molar-refractivity contribution is 7.13. The molecule has 0 bridgehead atoms. The predicted molar refractivity (Wildman–Crippen MR) is 91.9 cm³/mol. The van der Waals surface area contributed by atoms with Gasteiger partial charge in [0.25, 0.3) is 5.91 Å². The summed E-state index contributed by atoms with van der Waals surface area (Å²) in [5.41, 5.74) is 0.853. The molecule has 3 rings (SSSR count). The van der Waals surface area contributed by atoms with Crippen molar-refractivity contribution < 1.29 is 9.21 Å². The molecule has 0 aliphatic carbocycles. The van der Waals surface area contributed by atoms with E-state index in [1.54, 1.807) is 17.6 Å². The topological polar surface area (TPSA) is 46.3 Å². The van der Waals surface area contributed by atoms with Crippen molar-refractivity contribution in [3.63, 3.8) is 0 Å². The summed E-state index contributed by atoms with van der Waals surface area (Å²) in [5.74, 6) is 1.35. The molecule has 124 valence electrons. The van der Waals surface area contributed by atoms with E-state index in [9.17, 15) is 4.79 Å². The lowest BCUT2D eigenvalue weighted by molar-refractivity contribution is 0.0662. The van der Waals surface area contributed by atoms with E-state index >= 15 is 0 Å².